The molecule has 16 heavy (non-hydrogen) atoms. The molecule has 6 nitrogen and oxygen atoms in total. The van der Waals surface area contributed by atoms with Crippen LogP contribution in [0.5, 0.6) is 0 Å². The highest BCUT2D eigenvalue weighted by Gasteiger charge is 2.21. The summed E-state index contributed by atoms with van der Waals surface area (Å²) in [5.41, 5.74) is 0. The number of oxazole rings is 1. The van der Waals surface area contributed by atoms with E-state index in [1.807, 2.05) is 6.26 Å². The zero-order valence-electron chi connectivity index (χ0n) is 8.67. The van der Waals surface area contributed by atoms with Crippen molar-refractivity contribution in [3.05, 3.63) is 18.4 Å². The highest BCUT2D eigenvalue weighted by Crippen LogP contribution is 2.03. The van der Waals surface area contributed by atoms with E-state index in [1.165, 1.54) is 18.0 Å². The van der Waals surface area contributed by atoms with Crippen molar-refractivity contribution in [2.45, 2.75) is 12.5 Å². The minimum absolute atomic E-state index is 0.00963. The number of hydrogen-bond acceptors (Lipinski definition) is 5. The number of carbonyl (C=O) groups excluding carboxylic acids is 1. The molecule has 1 amide bonds. The van der Waals surface area contributed by atoms with E-state index in [2.05, 4.69) is 10.3 Å². The number of hydrogen-bond donors (Lipinski definition) is 2. The molecule has 0 aliphatic rings. The Morgan fingerprint density at radius 2 is 2.44 bits per heavy atom. The van der Waals surface area contributed by atoms with E-state index in [0.29, 0.717) is 12.2 Å². The van der Waals surface area contributed by atoms with Gasteiger partial charge in [-0.1, -0.05) is 0 Å². The number of amides is 1. The molecular weight excluding hydrogens is 232 g/mol. The normalized spacial score (nSPS) is 12.1. The topological polar surface area (TPSA) is 92.4 Å². The first-order valence-electron chi connectivity index (χ1n) is 4.56. The van der Waals surface area contributed by atoms with Gasteiger partial charge in [0.05, 0.1) is 6.20 Å². The van der Waals surface area contributed by atoms with Crippen LogP contribution in [-0.2, 0) is 4.79 Å². The van der Waals surface area contributed by atoms with Crippen LogP contribution < -0.4 is 5.32 Å². The van der Waals surface area contributed by atoms with E-state index in [1.54, 1.807) is 0 Å². The summed E-state index contributed by atoms with van der Waals surface area (Å²) >= 11 is 1.52. The number of carboxylic acids is 1. The van der Waals surface area contributed by atoms with Crippen LogP contribution in [0.25, 0.3) is 0 Å². The fourth-order valence-corrected chi connectivity index (χ4v) is 1.52. The van der Waals surface area contributed by atoms with Crippen molar-refractivity contribution in [3.63, 3.8) is 0 Å². The van der Waals surface area contributed by atoms with Crippen LogP contribution in [0.2, 0.25) is 0 Å². The lowest BCUT2D eigenvalue weighted by molar-refractivity contribution is -0.139. The van der Waals surface area contributed by atoms with Crippen LogP contribution in [0.4, 0.5) is 0 Å². The monoisotopic (exact) mass is 244 g/mol. The van der Waals surface area contributed by atoms with E-state index in [9.17, 15) is 9.59 Å². The lowest BCUT2D eigenvalue weighted by atomic mass is 10.2. The smallest absolute Gasteiger partial charge is 0.326 e. The van der Waals surface area contributed by atoms with Crippen LogP contribution in [0.15, 0.2) is 17.0 Å². The minimum Gasteiger partial charge on any atom is -0.480 e. The summed E-state index contributed by atoms with van der Waals surface area (Å²) in [4.78, 5) is 25.9. The lowest BCUT2D eigenvalue weighted by Gasteiger charge is -2.12. The minimum atomic E-state index is -1.05. The van der Waals surface area contributed by atoms with Crippen LogP contribution in [0.1, 0.15) is 17.0 Å². The van der Waals surface area contributed by atoms with Gasteiger partial charge in [-0.2, -0.15) is 11.8 Å². The Bertz CT molecular complexity index is 352. The van der Waals surface area contributed by atoms with Gasteiger partial charge in [-0.3, -0.25) is 4.79 Å². The van der Waals surface area contributed by atoms with Gasteiger partial charge in [0.15, 0.2) is 6.39 Å². The maximum absolute atomic E-state index is 11.5. The molecule has 1 aromatic heterocycles. The van der Waals surface area contributed by atoms with Crippen molar-refractivity contribution in [1.82, 2.24) is 10.3 Å². The molecule has 0 saturated carbocycles. The molecular formula is C9H12N2O4S. The quantitative estimate of drug-likeness (QED) is 0.761. The van der Waals surface area contributed by atoms with Crippen molar-refractivity contribution < 1.29 is 19.1 Å². The summed E-state index contributed by atoms with van der Waals surface area (Å²) in [6.07, 6.45) is 4.60. The molecule has 0 radical (unpaired) electrons. The molecule has 0 spiro atoms. The lowest BCUT2D eigenvalue weighted by Crippen LogP contribution is -2.41. The molecule has 2 N–H and O–H groups in total. The standard InChI is InChI=1S/C9H12N2O4S/c1-16-3-2-6(9(13)14)11-8(12)7-4-10-5-15-7/h4-6H,2-3H2,1H3,(H,11,12)(H,13,14)/t6-/m0/s1. The Morgan fingerprint density at radius 1 is 1.69 bits per heavy atom. The molecule has 0 unspecified atom stereocenters. The van der Waals surface area contributed by atoms with Gasteiger partial charge >= 0.3 is 5.97 Å². The average Bonchev–Trinajstić information content (AvgIpc) is 2.76. The molecule has 0 aromatic carbocycles. The Hall–Kier alpha value is -1.50. The second-order valence-electron chi connectivity index (χ2n) is 3.01. The first-order chi connectivity index (χ1) is 7.65. The maximum Gasteiger partial charge on any atom is 0.326 e. The summed E-state index contributed by atoms with van der Waals surface area (Å²) in [7, 11) is 0. The Balaban J connectivity index is 2.54. The third-order valence-corrected chi connectivity index (χ3v) is 2.51. The van der Waals surface area contributed by atoms with Gasteiger partial charge in [-0.25, -0.2) is 9.78 Å². The second-order valence-corrected chi connectivity index (χ2v) is 4.00. The van der Waals surface area contributed by atoms with E-state index in [0.717, 1.165) is 6.39 Å². The van der Waals surface area contributed by atoms with Crippen molar-refractivity contribution in [3.8, 4) is 0 Å². The number of carbonyl (C=O) groups is 2. The molecule has 1 heterocycles. The Labute approximate surface area is 96.4 Å². The molecule has 88 valence electrons. The van der Waals surface area contributed by atoms with Gasteiger partial charge in [0.2, 0.25) is 5.76 Å². The van der Waals surface area contributed by atoms with E-state index >= 15 is 0 Å². The van der Waals surface area contributed by atoms with Crippen molar-refractivity contribution in [1.29, 1.82) is 0 Å². The third kappa shape index (κ3) is 3.58. The number of rotatable bonds is 6. The number of aromatic nitrogens is 1. The van der Waals surface area contributed by atoms with Gasteiger partial charge in [-0.15, -0.1) is 0 Å². The fourth-order valence-electron chi connectivity index (χ4n) is 1.05. The van der Waals surface area contributed by atoms with Crippen molar-refractivity contribution >= 4 is 23.6 Å². The average molecular weight is 244 g/mol. The molecule has 0 saturated heterocycles. The van der Waals surface area contributed by atoms with Crippen molar-refractivity contribution in [2.24, 2.45) is 0 Å². The highest BCUT2D eigenvalue weighted by atomic mass is 32.2. The SMILES string of the molecule is CSCC[C@H](NC(=O)c1cnco1)C(=O)O. The first kappa shape index (κ1) is 12.6. The first-order valence-corrected chi connectivity index (χ1v) is 5.95. The summed E-state index contributed by atoms with van der Waals surface area (Å²) in [5, 5.41) is 11.2. The van der Waals surface area contributed by atoms with E-state index in [-0.39, 0.29) is 5.76 Å². The number of nitrogens with one attached hydrogen (secondary N) is 1. The number of nitrogens with zero attached hydrogens (tertiary/aromatic N) is 1. The van der Waals surface area contributed by atoms with Crippen LogP contribution >= 0.6 is 11.8 Å². The Kier molecular flexibility index (Phi) is 4.84. The fraction of sp³-hybridized carbons (Fsp3) is 0.444. The molecule has 1 aromatic rings. The molecule has 0 bridgehead atoms. The second kappa shape index (κ2) is 6.16. The van der Waals surface area contributed by atoms with Crippen LogP contribution in [0, 0.1) is 0 Å². The number of thioether (sulfide) groups is 1. The van der Waals surface area contributed by atoms with Crippen LogP contribution in [0.3, 0.4) is 0 Å². The highest BCUT2D eigenvalue weighted by molar-refractivity contribution is 7.98. The summed E-state index contributed by atoms with van der Waals surface area (Å²) < 4.78 is 4.76. The maximum atomic E-state index is 11.5. The number of carboxylic acid groups (broad SMARTS) is 1. The molecule has 1 atom stereocenters. The molecule has 0 aliphatic carbocycles. The van der Waals surface area contributed by atoms with Gasteiger partial charge in [0.25, 0.3) is 5.91 Å². The summed E-state index contributed by atoms with van der Waals surface area (Å²) in [6, 6.07) is -0.898. The number of aliphatic carboxylic acids is 1. The van der Waals surface area contributed by atoms with Gasteiger partial charge in [-0.05, 0) is 18.4 Å². The van der Waals surface area contributed by atoms with Crippen molar-refractivity contribution in [2.75, 3.05) is 12.0 Å². The molecule has 0 aliphatic heterocycles. The van der Waals surface area contributed by atoms with Gasteiger partial charge < -0.3 is 14.8 Å². The predicted molar refractivity (Wildman–Crippen MR) is 58.4 cm³/mol. The van der Waals surface area contributed by atoms with Gasteiger partial charge in [0.1, 0.15) is 6.04 Å². The third-order valence-electron chi connectivity index (χ3n) is 1.87. The molecule has 0 fully saturated rings. The van der Waals surface area contributed by atoms with E-state index in [4.69, 9.17) is 9.52 Å². The molecule has 7 heteroatoms. The molecule has 1 rings (SSSR count). The zero-order valence-corrected chi connectivity index (χ0v) is 9.49. The Morgan fingerprint density at radius 3 is 2.94 bits per heavy atom. The summed E-state index contributed by atoms with van der Waals surface area (Å²) in [5.74, 6) is -0.948. The predicted octanol–water partition coefficient (Wildman–Crippen LogP) is 0.611. The largest absolute Gasteiger partial charge is 0.480 e. The zero-order chi connectivity index (χ0) is 12.0. The van der Waals surface area contributed by atoms with Gasteiger partial charge in [0, 0.05) is 0 Å². The van der Waals surface area contributed by atoms with Crippen LogP contribution in [-0.4, -0.2) is 40.0 Å². The van der Waals surface area contributed by atoms with E-state index < -0.39 is 17.9 Å². The summed E-state index contributed by atoms with van der Waals surface area (Å²) in [6.45, 7) is 0.